The summed E-state index contributed by atoms with van der Waals surface area (Å²) in [6.45, 7) is 2.02. The Morgan fingerprint density at radius 1 is 1.04 bits per heavy atom. The second-order valence-corrected chi connectivity index (χ2v) is 8.22. The van der Waals surface area contributed by atoms with Crippen molar-refractivity contribution >= 4 is 46.6 Å². The van der Waals surface area contributed by atoms with E-state index in [1.165, 1.54) is 28.8 Å². The van der Waals surface area contributed by atoms with Crippen molar-refractivity contribution in [1.82, 2.24) is 0 Å². The van der Waals surface area contributed by atoms with Crippen LogP contribution >= 0.6 is 34.7 Å². The Labute approximate surface area is 159 Å². The Balaban J connectivity index is 1.95. The number of carbonyl (C=O) groups excluding carboxylic acids is 1. The molecular formula is C20H14ClFOS2. The summed E-state index contributed by atoms with van der Waals surface area (Å²) in [5, 5.41) is 0.585. The molecule has 2 aromatic carbocycles. The lowest BCUT2D eigenvalue weighted by Gasteiger charge is -2.07. The van der Waals surface area contributed by atoms with Crippen molar-refractivity contribution < 1.29 is 9.18 Å². The van der Waals surface area contributed by atoms with Crippen molar-refractivity contribution in [2.24, 2.45) is 0 Å². The molecule has 0 aliphatic heterocycles. The van der Waals surface area contributed by atoms with Gasteiger partial charge in [-0.1, -0.05) is 23.4 Å². The van der Waals surface area contributed by atoms with E-state index in [1.54, 1.807) is 47.7 Å². The molecule has 126 valence electrons. The fraction of sp³-hybridized carbons (Fsp3) is 0.0500. The van der Waals surface area contributed by atoms with Gasteiger partial charge in [0.25, 0.3) is 0 Å². The fourth-order valence-corrected chi connectivity index (χ4v) is 4.12. The first kappa shape index (κ1) is 17.9. The van der Waals surface area contributed by atoms with Crippen molar-refractivity contribution in [3.8, 4) is 0 Å². The first-order chi connectivity index (χ1) is 12.0. The Morgan fingerprint density at radius 3 is 2.32 bits per heavy atom. The van der Waals surface area contributed by atoms with Crippen molar-refractivity contribution in [3.05, 3.63) is 91.7 Å². The van der Waals surface area contributed by atoms with Crippen molar-refractivity contribution in [3.63, 3.8) is 0 Å². The lowest BCUT2D eigenvalue weighted by molar-refractivity contribution is 0.104. The summed E-state index contributed by atoms with van der Waals surface area (Å²) < 4.78 is 13.1. The molecule has 0 aliphatic carbocycles. The molecule has 3 rings (SSSR count). The van der Waals surface area contributed by atoms with Crippen LogP contribution in [0, 0.1) is 12.7 Å². The first-order valence-electron chi connectivity index (χ1n) is 7.53. The minimum absolute atomic E-state index is 0.0861. The lowest BCUT2D eigenvalue weighted by atomic mass is 10.1. The maximum absolute atomic E-state index is 13.1. The van der Waals surface area contributed by atoms with Gasteiger partial charge in [-0.05, 0) is 73.7 Å². The lowest BCUT2D eigenvalue weighted by Crippen LogP contribution is -2.00. The third-order valence-corrected chi connectivity index (χ3v) is 5.64. The highest BCUT2D eigenvalue weighted by Crippen LogP contribution is 2.32. The Morgan fingerprint density at radius 2 is 1.72 bits per heavy atom. The number of rotatable bonds is 5. The van der Waals surface area contributed by atoms with Gasteiger partial charge < -0.3 is 0 Å². The van der Waals surface area contributed by atoms with E-state index in [0.29, 0.717) is 15.5 Å². The van der Waals surface area contributed by atoms with Gasteiger partial charge in [0.1, 0.15) is 5.82 Å². The van der Waals surface area contributed by atoms with E-state index in [2.05, 4.69) is 0 Å². The van der Waals surface area contributed by atoms with Gasteiger partial charge in [-0.25, -0.2) is 4.39 Å². The molecule has 0 unspecified atom stereocenters. The van der Waals surface area contributed by atoms with Crippen LogP contribution in [0.15, 0.2) is 70.5 Å². The Hall–Kier alpha value is -1.88. The van der Waals surface area contributed by atoms with Gasteiger partial charge in [0.05, 0.1) is 4.91 Å². The van der Waals surface area contributed by atoms with E-state index in [4.69, 9.17) is 11.6 Å². The zero-order valence-corrected chi connectivity index (χ0v) is 15.7. The normalized spacial score (nSPS) is 11.6. The average Bonchev–Trinajstić information content (AvgIpc) is 3.01. The maximum atomic E-state index is 13.1. The number of ketones is 1. The molecule has 1 aromatic heterocycles. The molecule has 0 saturated carbocycles. The van der Waals surface area contributed by atoms with Gasteiger partial charge in [0, 0.05) is 25.2 Å². The number of Topliss-reactive ketones (excluding diaryl/α,β-unsaturated/α-hetero) is 1. The van der Waals surface area contributed by atoms with Gasteiger partial charge in [-0.2, -0.15) is 0 Å². The molecule has 0 amide bonds. The molecule has 1 nitrogen and oxygen atoms in total. The predicted molar refractivity (Wildman–Crippen MR) is 105 cm³/mol. The zero-order valence-electron chi connectivity index (χ0n) is 13.3. The Bertz CT molecular complexity index is 912. The van der Waals surface area contributed by atoms with Crippen LogP contribution in [0.4, 0.5) is 4.39 Å². The fourth-order valence-electron chi connectivity index (χ4n) is 2.17. The largest absolute Gasteiger partial charge is 0.288 e. The van der Waals surface area contributed by atoms with Crippen LogP contribution in [0.1, 0.15) is 20.1 Å². The number of aryl methyl sites for hydroxylation is 1. The summed E-state index contributed by atoms with van der Waals surface area (Å²) in [6.07, 6.45) is 1.88. The number of hydrogen-bond acceptors (Lipinski definition) is 3. The average molecular weight is 389 g/mol. The summed E-state index contributed by atoms with van der Waals surface area (Å²) in [5.74, 6) is -0.384. The highest BCUT2D eigenvalue weighted by atomic mass is 35.5. The number of hydrogen-bond donors (Lipinski definition) is 0. The molecule has 1 heterocycles. The van der Waals surface area contributed by atoms with E-state index in [1.807, 2.05) is 25.1 Å². The molecule has 0 radical (unpaired) electrons. The number of benzene rings is 2. The van der Waals surface area contributed by atoms with E-state index in [0.717, 1.165) is 9.77 Å². The van der Waals surface area contributed by atoms with Gasteiger partial charge >= 0.3 is 0 Å². The smallest absolute Gasteiger partial charge is 0.199 e. The molecule has 0 aliphatic rings. The highest BCUT2D eigenvalue weighted by Gasteiger charge is 2.15. The minimum atomic E-state index is -0.298. The number of thioether (sulfide) groups is 1. The molecule has 0 N–H and O–H groups in total. The zero-order chi connectivity index (χ0) is 17.8. The quantitative estimate of drug-likeness (QED) is 0.269. The summed E-state index contributed by atoms with van der Waals surface area (Å²) in [6, 6.07) is 16.9. The van der Waals surface area contributed by atoms with Crippen LogP contribution in [0.3, 0.4) is 0 Å². The monoisotopic (exact) mass is 388 g/mol. The standard InChI is InChI=1S/C20H14ClFOS2/c1-13-2-9-18(24-13)12-19(25-17-10-7-16(22)8-11-17)20(23)14-3-5-15(21)6-4-14/h2-12H,1H3/b19-12+. The third-order valence-electron chi connectivity index (χ3n) is 3.41. The SMILES string of the molecule is Cc1ccc(/C=C(/Sc2ccc(F)cc2)C(=O)c2ccc(Cl)cc2)s1. The molecule has 0 fully saturated rings. The van der Waals surface area contributed by atoms with Gasteiger partial charge in [-0.15, -0.1) is 11.3 Å². The number of carbonyl (C=O) groups is 1. The second-order valence-electron chi connectivity index (χ2n) is 5.35. The van der Waals surface area contributed by atoms with E-state index in [-0.39, 0.29) is 11.6 Å². The summed E-state index contributed by atoms with van der Waals surface area (Å²) in [4.78, 5) is 16.5. The van der Waals surface area contributed by atoms with Crippen LogP contribution in [0.25, 0.3) is 6.08 Å². The van der Waals surface area contributed by atoms with Crippen molar-refractivity contribution in [2.45, 2.75) is 11.8 Å². The van der Waals surface area contributed by atoms with Crippen LogP contribution < -0.4 is 0 Å². The first-order valence-corrected chi connectivity index (χ1v) is 9.54. The van der Waals surface area contributed by atoms with Crippen molar-refractivity contribution in [1.29, 1.82) is 0 Å². The van der Waals surface area contributed by atoms with E-state index in [9.17, 15) is 9.18 Å². The van der Waals surface area contributed by atoms with E-state index >= 15 is 0 Å². The molecule has 0 spiro atoms. The molecule has 25 heavy (non-hydrogen) atoms. The topological polar surface area (TPSA) is 17.1 Å². The Kier molecular flexibility index (Phi) is 5.74. The number of allylic oxidation sites excluding steroid dienone is 1. The van der Waals surface area contributed by atoms with Gasteiger partial charge in [0.2, 0.25) is 0 Å². The van der Waals surface area contributed by atoms with E-state index < -0.39 is 0 Å². The molecular weight excluding hydrogens is 375 g/mol. The molecule has 0 atom stereocenters. The highest BCUT2D eigenvalue weighted by molar-refractivity contribution is 8.04. The number of halogens is 2. The number of thiophene rings is 1. The maximum Gasteiger partial charge on any atom is 0.199 e. The molecule has 3 aromatic rings. The molecule has 0 saturated heterocycles. The van der Waals surface area contributed by atoms with Crippen LogP contribution in [-0.2, 0) is 0 Å². The third kappa shape index (κ3) is 4.82. The summed E-state index contributed by atoms with van der Waals surface area (Å²) in [5.41, 5.74) is 0.568. The van der Waals surface area contributed by atoms with Gasteiger partial charge in [-0.3, -0.25) is 4.79 Å². The van der Waals surface area contributed by atoms with Gasteiger partial charge in [0.15, 0.2) is 5.78 Å². The van der Waals surface area contributed by atoms with Crippen LogP contribution in [-0.4, -0.2) is 5.78 Å². The second kappa shape index (κ2) is 8.00. The minimum Gasteiger partial charge on any atom is -0.288 e. The van der Waals surface area contributed by atoms with Crippen molar-refractivity contribution in [2.75, 3.05) is 0 Å². The molecule has 0 bridgehead atoms. The predicted octanol–water partition coefficient (Wildman–Crippen LogP) is 6.87. The van der Waals surface area contributed by atoms with Crippen LogP contribution in [0.2, 0.25) is 5.02 Å². The van der Waals surface area contributed by atoms with Crippen LogP contribution in [0.5, 0.6) is 0 Å². The summed E-state index contributed by atoms with van der Waals surface area (Å²) >= 11 is 8.86. The summed E-state index contributed by atoms with van der Waals surface area (Å²) in [7, 11) is 0. The molecule has 5 heteroatoms.